The summed E-state index contributed by atoms with van der Waals surface area (Å²) in [6.45, 7) is 6.35. The zero-order valence-electron chi connectivity index (χ0n) is 15.2. The fourth-order valence-corrected chi connectivity index (χ4v) is 3.94. The molecule has 1 aliphatic rings. The van der Waals surface area contributed by atoms with Crippen LogP contribution in [0.25, 0.3) is 32.7 Å². The number of benzene rings is 2. The molecule has 2 aromatic carbocycles. The van der Waals surface area contributed by atoms with Gasteiger partial charge in [-0.15, -0.1) is 12.4 Å². The summed E-state index contributed by atoms with van der Waals surface area (Å²) in [5.74, 6) is 0.978. The summed E-state index contributed by atoms with van der Waals surface area (Å²) in [4.78, 5) is 11.0. The standard InChI is InChI=1S/C21H23N5.ClH/c1-3-7-17-15(5-1)19-20(24-17)16-6-2-4-8-18(16)25-21(19)23-11-14-26-12-9-22-10-13-26;/h1-8,22,24H,9-14H2,(H,23,25);1H. The van der Waals surface area contributed by atoms with Crippen LogP contribution in [-0.4, -0.2) is 54.1 Å². The number of fused-ring (bicyclic) bond motifs is 5. The molecule has 1 aliphatic heterocycles. The van der Waals surface area contributed by atoms with E-state index in [1.807, 2.05) is 6.07 Å². The first-order valence-electron chi connectivity index (χ1n) is 9.36. The highest BCUT2D eigenvalue weighted by Crippen LogP contribution is 2.34. The second-order valence-electron chi connectivity index (χ2n) is 6.92. The van der Waals surface area contributed by atoms with E-state index in [4.69, 9.17) is 4.98 Å². The molecule has 0 saturated carbocycles. The van der Waals surface area contributed by atoms with E-state index >= 15 is 0 Å². The number of hydrogen-bond acceptors (Lipinski definition) is 4. The molecule has 0 radical (unpaired) electrons. The summed E-state index contributed by atoms with van der Waals surface area (Å²) >= 11 is 0. The topological polar surface area (TPSA) is 56.0 Å². The number of hydrogen-bond donors (Lipinski definition) is 3. The summed E-state index contributed by atoms with van der Waals surface area (Å²) in [7, 11) is 0. The van der Waals surface area contributed by atoms with E-state index in [-0.39, 0.29) is 12.4 Å². The molecule has 3 N–H and O–H groups in total. The third kappa shape index (κ3) is 3.34. The molecule has 5 nitrogen and oxygen atoms in total. The Labute approximate surface area is 164 Å². The first-order chi connectivity index (χ1) is 12.9. The van der Waals surface area contributed by atoms with E-state index in [0.717, 1.165) is 56.1 Å². The molecule has 1 fully saturated rings. The van der Waals surface area contributed by atoms with Gasteiger partial charge >= 0.3 is 0 Å². The minimum absolute atomic E-state index is 0. The second-order valence-corrected chi connectivity index (χ2v) is 6.92. The van der Waals surface area contributed by atoms with Crippen molar-refractivity contribution in [1.29, 1.82) is 0 Å². The van der Waals surface area contributed by atoms with Crippen LogP contribution in [0.5, 0.6) is 0 Å². The van der Waals surface area contributed by atoms with Gasteiger partial charge in [0.25, 0.3) is 0 Å². The van der Waals surface area contributed by atoms with Crippen LogP contribution in [0.3, 0.4) is 0 Å². The highest BCUT2D eigenvalue weighted by molar-refractivity contribution is 6.20. The van der Waals surface area contributed by atoms with Crippen molar-refractivity contribution in [3.05, 3.63) is 48.5 Å². The van der Waals surface area contributed by atoms with Crippen LogP contribution in [-0.2, 0) is 0 Å². The molecule has 5 rings (SSSR count). The second kappa shape index (κ2) is 7.72. The lowest BCUT2D eigenvalue weighted by Crippen LogP contribution is -2.45. The molecule has 0 bridgehead atoms. The van der Waals surface area contributed by atoms with Crippen LogP contribution in [0.15, 0.2) is 48.5 Å². The van der Waals surface area contributed by atoms with E-state index in [1.54, 1.807) is 0 Å². The number of H-pyrrole nitrogens is 1. The molecule has 140 valence electrons. The average Bonchev–Trinajstić information content (AvgIpc) is 3.09. The number of piperazine rings is 1. The summed E-state index contributed by atoms with van der Waals surface area (Å²) in [6, 6.07) is 16.8. The zero-order valence-corrected chi connectivity index (χ0v) is 16.0. The van der Waals surface area contributed by atoms with E-state index in [0.29, 0.717) is 0 Å². The molecular weight excluding hydrogens is 358 g/mol. The Hall–Kier alpha value is -2.34. The third-order valence-electron chi connectivity index (χ3n) is 5.28. The average molecular weight is 382 g/mol. The van der Waals surface area contributed by atoms with Crippen LogP contribution >= 0.6 is 12.4 Å². The first kappa shape index (κ1) is 18.0. The maximum Gasteiger partial charge on any atom is 0.136 e. The number of nitrogens with one attached hydrogen (secondary N) is 3. The molecule has 3 heterocycles. The number of para-hydroxylation sites is 2. The van der Waals surface area contributed by atoms with Crippen molar-refractivity contribution in [2.24, 2.45) is 0 Å². The van der Waals surface area contributed by atoms with Gasteiger partial charge in [-0.05, 0) is 12.1 Å². The van der Waals surface area contributed by atoms with Crippen LogP contribution < -0.4 is 10.6 Å². The SMILES string of the molecule is Cl.c1ccc2c(c1)nc(NCCN1CCNCC1)c1c3ccccc3[nH]c21. The smallest absolute Gasteiger partial charge is 0.136 e. The molecular formula is C21H24ClN5. The van der Waals surface area contributed by atoms with Crippen LogP contribution in [0.1, 0.15) is 0 Å². The predicted molar refractivity (Wildman–Crippen MR) is 116 cm³/mol. The van der Waals surface area contributed by atoms with Gasteiger partial charge in [0.15, 0.2) is 0 Å². The van der Waals surface area contributed by atoms with Gasteiger partial charge in [0.1, 0.15) is 5.82 Å². The number of aromatic amines is 1. The van der Waals surface area contributed by atoms with Gasteiger partial charge in [0, 0.05) is 55.6 Å². The highest BCUT2D eigenvalue weighted by Gasteiger charge is 2.14. The Bertz CT molecular complexity index is 1070. The molecule has 0 spiro atoms. The van der Waals surface area contributed by atoms with Crippen molar-refractivity contribution in [2.75, 3.05) is 44.6 Å². The maximum absolute atomic E-state index is 4.95. The minimum atomic E-state index is 0. The lowest BCUT2D eigenvalue weighted by atomic mass is 10.1. The van der Waals surface area contributed by atoms with Gasteiger partial charge in [0.2, 0.25) is 0 Å². The monoisotopic (exact) mass is 381 g/mol. The fourth-order valence-electron chi connectivity index (χ4n) is 3.94. The summed E-state index contributed by atoms with van der Waals surface area (Å²) in [5.41, 5.74) is 3.35. The van der Waals surface area contributed by atoms with Gasteiger partial charge in [-0.2, -0.15) is 0 Å². The molecule has 0 atom stereocenters. The van der Waals surface area contributed by atoms with Crippen molar-refractivity contribution in [2.45, 2.75) is 0 Å². The third-order valence-corrected chi connectivity index (χ3v) is 5.28. The van der Waals surface area contributed by atoms with Gasteiger partial charge in [-0.25, -0.2) is 4.98 Å². The molecule has 0 amide bonds. The normalized spacial score (nSPS) is 15.3. The van der Waals surface area contributed by atoms with E-state index in [9.17, 15) is 0 Å². The quantitative estimate of drug-likeness (QED) is 0.505. The fraction of sp³-hybridized carbons (Fsp3) is 0.286. The zero-order chi connectivity index (χ0) is 17.3. The molecule has 1 saturated heterocycles. The van der Waals surface area contributed by atoms with Gasteiger partial charge in [0.05, 0.1) is 16.4 Å². The van der Waals surface area contributed by atoms with Crippen molar-refractivity contribution in [3.8, 4) is 0 Å². The van der Waals surface area contributed by atoms with Gasteiger partial charge in [-0.1, -0.05) is 36.4 Å². The van der Waals surface area contributed by atoms with Crippen LogP contribution in [0.4, 0.5) is 5.82 Å². The number of aromatic nitrogens is 2. The summed E-state index contributed by atoms with van der Waals surface area (Å²) < 4.78 is 0. The Morgan fingerprint density at radius 3 is 2.56 bits per heavy atom. The number of pyridine rings is 1. The van der Waals surface area contributed by atoms with E-state index < -0.39 is 0 Å². The summed E-state index contributed by atoms with van der Waals surface area (Å²) in [6.07, 6.45) is 0. The van der Waals surface area contributed by atoms with E-state index in [2.05, 4.69) is 63.0 Å². The Morgan fingerprint density at radius 2 is 1.70 bits per heavy atom. The van der Waals surface area contributed by atoms with Crippen molar-refractivity contribution in [3.63, 3.8) is 0 Å². The lowest BCUT2D eigenvalue weighted by molar-refractivity contribution is 0.249. The van der Waals surface area contributed by atoms with Crippen LogP contribution in [0, 0.1) is 0 Å². The van der Waals surface area contributed by atoms with Gasteiger partial charge < -0.3 is 15.6 Å². The Morgan fingerprint density at radius 1 is 0.963 bits per heavy atom. The number of halogens is 1. The molecule has 0 unspecified atom stereocenters. The Kier molecular flexibility index (Phi) is 5.16. The number of rotatable bonds is 4. The largest absolute Gasteiger partial charge is 0.368 e. The van der Waals surface area contributed by atoms with Crippen LogP contribution in [0.2, 0.25) is 0 Å². The lowest BCUT2D eigenvalue weighted by Gasteiger charge is -2.27. The number of anilines is 1. The minimum Gasteiger partial charge on any atom is -0.368 e. The number of nitrogens with zero attached hydrogens (tertiary/aromatic N) is 2. The maximum atomic E-state index is 4.95. The molecule has 27 heavy (non-hydrogen) atoms. The molecule has 6 heteroatoms. The summed E-state index contributed by atoms with van der Waals surface area (Å²) in [5, 5.41) is 10.6. The molecule has 2 aromatic heterocycles. The first-order valence-corrected chi connectivity index (χ1v) is 9.36. The van der Waals surface area contributed by atoms with Gasteiger partial charge in [-0.3, -0.25) is 4.90 Å². The Balaban J connectivity index is 0.00000180. The predicted octanol–water partition coefficient (Wildman–Crippen LogP) is 3.61. The van der Waals surface area contributed by atoms with Crippen molar-refractivity contribution >= 4 is 50.9 Å². The van der Waals surface area contributed by atoms with Crippen molar-refractivity contribution < 1.29 is 0 Å². The molecule has 4 aromatic rings. The molecule has 0 aliphatic carbocycles. The van der Waals surface area contributed by atoms with Crippen molar-refractivity contribution in [1.82, 2.24) is 20.2 Å². The highest BCUT2D eigenvalue weighted by atomic mass is 35.5. The van der Waals surface area contributed by atoms with E-state index in [1.165, 1.54) is 21.7 Å².